The Labute approximate surface area is 95.1 Å². The van der Waals surface area contributed by atoms with E-state index in [-0.39, 0.29) is 5.56 Å². The molecule has 1 N–H and O–H groups in total. The standard InChI is InChI=1S/C13H15FN2/c1-2-16-8-11-6-12(11)9-3-4-13(14)10(5-9)7-15/h3-5,11-12,16H,2,6,8H2,1H3. The minimum atomic E-state index is -0.421. The van der Waals surface area contributed by atoms with Crippen LogP contribution in [0.15, 0.2) is 18.2 Å². The van der Waals surface area contributed by atoms with Crippen LogP contribution >= 0.6 is 0 Å². The van der Waals surface area contributed by atoms with Gasteiger partial charge in [-0.15, -0.1) is 0 Å². The van der Waals surface area contributed by atoms with E-state index in [9.17, 15) is 4.39 Å². The van der Waals surface area contributed by atoms with Gasteiger partial charge in [-0.3, -0.25) is 0 Å². The Bertz CT molecular complexity index is 422. The maximum Gasteiger partial charge on any atom is 0.140 e. The molecule has 0 amide bonds. The van der Waals surface area contributed by atoms with Crippen LogP contribution in [0.3, 0.4) is 0 Å². The Morgan fingerprint density at radius 1 is 1.56 bits per heavy atom. The van der Waals surface area contributed by atoms with E-state index in [1.807, 2.05) is 6.07 Å². The fourth-order valence-corrected chi connectivity index (χ4v) is 2.07. The van der Waals surface area contributed by atoms with E-state index in [0.29, 0.717) is 11.8 Å². The predicted molar refractivity (Wildman–Crippen MR) is 60.5 cm³/mol. The Morgan fingerprint density at radius 3 is 3.06 bits per heavy atom. The summed E-state index contributed by atoms with van der Waals surface area (Å²) in [6.07, 6.45) is 1.14. The highest BCUT2D eigenvalue weighted by Crippen LogP contribution is 2.47. The molecule has 1 aromatic carbocycles. The number of nitriles is 1. The van der Waals surface area contributed by atoms with Crippen molar-refractivity contribution in [3.05, 3.63) is 35.1 Å². The maximum atomic E-state index is 13.1. The van der Waals surface area contributed by atoms with E-state index in [2.05, 4.69) is 12.2 Å². The second-order valence-corrected chi connectivity index (χ2v) is 4.26. The average molecular weight is 218 g/mol. The molecule has 1 aromatic rings. The normalized spacial score (nSPS) is 22.8. The van der Waals surface area contributed by atoms with Gasteiger partial charge in [0.2, 0.25) is 0 Å². The summed E-state index contributed by atoms with van der Waals surface area (Å²) in [6.45, 7) is 4.08. The van der Waals surface area contributed by atoms with Crippen LogP contribution in [-0.2, 0) is 0 Å². The van der Waals surface area contributed by atoms with E-state index in [1.54, 1.807) is 12.1 Å². The van der Waals surface area contributed by atoms with E-state index in [0.717, 1.165) is 25.1 Å². The third kappa shape index (κ3) is 2.23. The third-order valence-corrected chi connectivity index (χ3v) is 3.12. The zero-order valence-corrected chi connectivity index (χ0v) is 9.33. The van der Waals surface area contributed by atoms with Gasteiger partial charge in [0.05, 0.1) is 5.56 Å². The van der Waals surface area contributed by atoms with Gasteiger partial charge in [-0.1, -0.05) is 13.0 Å². The highest BCUT2D eigenvalue weighted by Gasteiger charge is 2.37. The first-order valence-electron chi connectivity index (χ1n) is 5.66. The third-order valence-electron chi connectivity index (χ3n) is 3.12. The minimum Gasteiger partial charge on any atom is -0.317 e. The lowest BCUT2D eigenvalue weighted by atomic mass is 10.1. The van der Waals surface area contributed by atoms with Crippen LogP contribution < -0.4 is 5.32 Å². The number of halogens is 1. The molecule has 0 spiro atoms. The van der Waals surface area contributed by atoms with Crippen LogP contribution in [0, 0.1) is 23.1 Å². The summed E-state index contributed by atoms with van der Waals surface area (Å²) in [5.41, 5.74) is 1.26. The van der Waals surface area contributed by atoms with Gasteiger partial charge in [-0.25, -0.2) is 4.39 Å². The monoisotopic (exact) mass is 218 g/mol. The Balaban J connectivity index is 2.04. The van der Waals surface area contributed by atoms with Crippen molar-refractivity contribution in [3.63, 3.8) is 0 Å². The fraction of sp³-hybridized carbons (Fsp3) is 0.462. The molecule has 0 bridgehead atoms. The highest BCUT2D eigenvalue weighted by molar-refractivity contribution is 5.38. The van der Waals surface area contributed by atoms with Crippen molar-refractivity contribution in [2.75, 3.05) is 13.1 Å². The van der Waals surface area contributed by atoms with Crippen molar-refractivity contribution < 1.29 is 4.39 Å². The summed E-state index contributed by atoms with van der Waals surface area (Å²) >= 11 is 0. The molecular formula is C13H15FN2. The largest absolute Gasteiger partial charge is 0.317 e. The van der Waals surface area contributed by atoms with Gasteiger partial charge in [0.25, 0.3) is 0 Å². The molecule has 2 atom stereocenters. The summed E-state index contributed by atoms with van der Waals surface area (Å²) in [5.74, 6) is 0.735. The van der Waals surface area contributed by atoms with Gasteiger partial charge < -0.3 is 5.32 Å². The minimum absolute atomic E-state index is 0.159. The van der Waals surface area contributed by atoms with Crippen LogP contribution in [0.2, 0.25) is 0 Å². The van der Waals surface area contributed by atoms with Gasteiger partial charge in [-0.05, 0) is 49.0 Å². The SMILES string of the molecule is CCNCC1CC1c1ccc(F)c(C#N)c1. The zero-order chi connectivity index (χ0) is 11.5. The average Bonchev–Trinajstić information content (AvgIpc) is 3.06. The van der Waals surface area contributed by atoms with Gasteiger partial charge in [0.1, 0.15) is 11.9 Å². The lowest BCUT2D eigenvalue weighted by Gasteiger charge is -2.02. The molecule has 84 valence electrons. The molecule has 0 aliphatic heterocycles. The first kappa shape index (κ1) is 11.1. The zero-order valence-electron chi connectivity index (χ0n) is 9.33. The Kier molecular flexibility index (Phi) is 3.21. The molecule has 3 heteroatoms. The maximum absolute atomic E-state index is 13.1. The summed E-state index contributed by atoms with van der Waals surface area (Å²) in [6, 6.07) is 6.77. The van der Waals surface area contributed by atoms with Gasteiger partial charge in [0, 0.05) is 0 Å². The molecule has 0 heterocycles. The topological polar surface area (TPSA) is 35.8 Å². The number of nitrogens with zero attached hydrogens (tertiary/aromatic N) is 1. The van der Waals surface area contributed by atoms with Crippen molar-refractivity contribution in [1.82, 2.24) is 5.32 Å². The lowest BCUT2D eigenvalue weighted by molar-refractivity contribution is 0.621. The quantitative estimate of drug-likeness (QED) is 0.842. The molecular weight excluding hydrogens is 203 g/mol. The molecule has 2 unspecified atom stereocenters. The van der Waals surface area contributed by atoms with Gasteiger partial charge in [-0.2, -0.15) is 5.26 Å². The first-order valence-corrected chi connectivity index (χ1v) is 5.66. The number of hydrogen-bond donors (Lipinski definition) is 1. The van der Waals surface area contributed by atoms with Crippen molar-refractivity contribution >= 4 is 0 Å². The first-order chi connectivity index (χ1) is 7.76. The molecule has 1 fully saturated rings. The van der Waals surface area contributed by atoms with Crippen LogP contribution in [0.5, 0.6) is 0 Å². The molecule has 2 nitrogen and oxygen atoms in total. The van der Waals surface area contributed by atoms with Crippen LogP contribution in [0.25, 0.3) is 0 Å². The van der Waals surface area contributed by atoms with Crippen LogP contribution in [-0.4, -0.2) is 13.1 Å². The summed E-state index contributed by atoms with van der Waals surface area (Å²) in [5, 5.41) is 12.1. The van der Waals surface area contributed by atoms with E-state index < -0.39 is 5.82 Å². The van der Waals surface area contributed by atoms with E-state index in [4.69, 9.17) is 5.26 Å². The molecule has 16 heavy (non-hydrogen) atoms. The second kappa shape index (κ2) is 4.63. The van der Waals surface area contributed by atoms with Gasteiger partial charge >= 0.3 is 0 Å². The van der Waals surface area contributed by atoms with Crippen molar-refractivity contribution in [3.8, 4) is 6.07 Å². The molecule has 1 saturated carbocycles. The molecule has 2 rings (SSSR count). The van der Waals surface area contributed by atoms with Crippen LogP contribution in [0.1, 0.15) is 30.4 Å². The van der Waals surface area contributed by atoms with Crippen molar-refractivity contribution in [1.29, 1.82) is 5.26 Å². The van der Waals surface area contributed by atoms with E-state index in [1.165, 1.54) is 6.07 Å². The Morgan fingerprint density at radius 2 is 2.38 bits per heavy atom. The number of nitrogens with one attached hydrogen (secondary N) is 1. The lowest BCUT2D eigenvalue weighted by Crippen LogP contribution is -2.16. The molecule has 1 aliphatic rings. The summed E-state index contributed by atoms with van der Waals surface area (Å²) < 4.78 is 13.1. The highest BCUT2D eigenvalue weighted by atomic mass is 19.1. The number of rotatable bonds is 4. The molecule has 0 radical (unpaired) electrons. The smallest absolute Gasteiger partial charge is 0.140 e. The summed E-state index contributed by atoms with van der Waals surface area (Å²) in [4.78, 5) is 0. The van der Waals surface area contributed by atoms with E-state index >= 15 is 0 Å². The predicted octanol–water partition coefficient (Wildman–Crippen LogP) is 2.41. The number of benzene rings is 1. The fourth-order valence-electron chi connectivity index (χ4n) is 2.07. The van der Waals surface area contributed by atoms with Crippen LogP contribution in [0.4, 0.5) is 4.39 Å². The number of hydrogen-bond acceptors (Lipinski definition) is 2. The molecule has 0 aromatic heterocycles. The van der Waals surface area contributed by atoms with Crippen molar-refractivity contribution in [2.24, 2.45) is 5.92 Å². The molecule has 1 aliphatic carbocycles. The van der Waals surface area contributed by atoms with Gasteiger partial charge in [0.15, 0.2) is 0 Å². The summed E-state index contributed by atoms with van der Waals surface area (Å²) in [7, 11) is 0. The Hall–Kier alpha value is -1.40. The second-order valence-electron chi connectivity index (χ2n) is 4.26. The van der Waals surface area contributed by atoms with Crippen molar-refractivity contribution in [2.45, 2.75) is 19.3 Å². The molecule has 0 saturated heterocycles.